The average molecular weight is 516 g/mol. The molecule has 0 saturated carbocycles. The Morgan fingerprint density at radius 2 is 1.69 bits per heavy atom. The van der Waals surface area contributed by atoms with E-state index in [4.69, 9.17) is 11.6 Å². The Labute approximate surface area is 210 Å². The van der Waals surface area contributed by atoms with Crippen LogP contribution in [0.25, 0.3) is 0 Å². The van der Waals surface area contributed by atoms with Gasteiger partial charge in [-0.3, -0.25) is 14.4 Å². The third-order valence-corrected chi connectivity index (χ3v) is 7.77. The minimum atomic E-state index is -3.80. The summed E-state index contributed by atoms with van der Waals surface area (Å²) >= 11 is 5.98. The van der Waals surface area contributed by atoms with Crippen molar-refractivity contribution in [2.24, 2.45) is 5.92 Å². The third kappa shape index (κ3) is 6.60. The molecule has 0 spiro atoms. The molecule has 4 rings (SSSR count). The lowest BCUT2D eigenvalue weighted by molar-refractivity contribution is -0.121. The molecular formula is C26H27ClFN3O3S. The maximum atomic E-state index is 13.1. The van der Waals surface area contributed by atoms with Crippen molar-refractivity contribution in [3.63, 3.8) is 0 Å². The van der Waals surface area contributed by atoms with Gasteiger partial charge in [-0.15, -0.1) is 0 Å². The summed E-state index contributed by atoms with van der Waals surface area (Å²) in [6.07, 6.45) is 1.45. The van der Waals surface area contributed by atoms with Gasteiger partial charge in [0.05, 0.1) is 10.6 Å². The number of likely N-dealkylation sites (tertiary alicyclic amines) is 1. The van der Waals surface area contributed by atoms with Gasteiger partial charge in [0.1, 0.15) is 5.82 Å². The smallest absolute Gasteiger partial charge is 0.261 e. The highest BCUT2D eigenvalue weighted by Crippen LogP contribution is 2.25. The summed E-state index contributed by atoms with van der Waals surface area (Å²) in [5, 5.41) is 3.33. The van der Waals surface area contributed by atoms with E-state index in [9.17, 15) is 17.6 Å². The van der Waals surface area contributed by atoms with E-state index < -0.39 is 10.0 Å². The second-order valence-corrected chi connectivity index (χ2v) is 10.9. The normalized spacial score (nSPS) is 15.1. The van der Waals surface area contributed by atoms with E-state index in [2.05, 4.69) is 14.9 Å². The monoisotopic (exact) mass is 515 g/mol. The molecule has 1 fully saturated rings. The van der Waals surface area contributed by atoms with E-state index in [-0.39, 0.29) is 22.5 Å². The lowest BCUT2D eigenvalue weighted by atomic mass is 9.95. The van der Waals surface area contributed by atoms with Gasteiger partial charge in [0.15, 0.2) is 0 Å². The van der Waals surface area contributed by atoms with Crippen molar-refractivity contribution in [2.75, 3.05) is 23.1 Å². The van der Waals surface area contributed by atoms with E-state index >= 15 is 0 Å². The van der Waals surface area contributed by atoms with Gasteiger partial charge in [0, 0.05) is 23.2 Å². The number of nitrogens with one attached hydrogen (secondary N) is 2. The number of aryl methyl sites for hydroxylation is 1. The van der Waals surface area contributed by atoms with Crippen molar-refractivity contribution < 1.29 is 17.6 Å². The van der Waals surface area contributed by atoms with E-state index in [1.807, 2.05) is 0 Å². The van der Waals surface area contributed by atoms with Crippen molar-refractivity contribution in [3.05, 3.63) is 88.7 Å². The van der Waals surface area contributed by atoms with Gasteiger partial charge < -0.3 is 5.32 Å². The number of carbonyl (C=O) groups is 1. The lowest BCUT2D eigenvalue weighted by Gasteiger charge is -2.31. The Balaban J connectivity index is 1.31. The zero-order valence-corrected chi connectivity index (χ0v) is 20.9. The van der Waals surface area contributed by atoms with Crippen LogP contribution in [0.5, 0.6) is 0 Å². The summed E-state index contributed by atoms with van der Waals surface area (Å²) < 4.78 is 41.2. The fraction of sp³-hybridized carbons (Fsp3) is 0.269. The fourth-order valence-electron chi connectivity index (χ4n) is 4.07. The molecule has 1 aliphatic rings. The van der Waals surface area contributed by atoms with Gasteiger partial charge in [0.2, 0.25) is 5.91 Å². The molecule has 3 aromatic rings. The van der Waals surface area contributed by atoms with Crippen LogP contribution < -0.4 is 10.0 Å². The predicted molar refractivity (Wildman–Crippen MR) is 136 cm³/mol. The summed E-state index contributed by atoms with van der Waals surface area (Å²) in [5.74, 6) is -0.438. The molecule has 1 amide bonds. The Hall–Kier alpha value is -2.94. The Morgan fingerprint density at radius 3 is 2.34 bits per heavy atom. The van der Waals surface area contributed by atoms with Gasteiger partial charge in [-0.1, -0.05) is 29.8 Å². The number of hydrogen-bond acceptors (Lipinski definition) is 4. The lowest BCUT2D eigenvalue weighted by Crippen LogP contribution is -2.37. The SMILES string of the molecule is Cc1ccc(Cl)cc1NS(=O)(=O)c1ccc(NC(=O)C2CCN(Cc3ccc(F)cc3)CC2)cc1. The van der Waals surface area contributed by atoms with E-state index in [0.29, 0.717) is 16.4 Å². The molecule has 2 N–H and O–H groups in total. The van der Waals surface area contributed by atoms with Crippen LogP contribution in [0.3, 0.4) is 0 Å². The molecule has 0 unspecified atom stereocenters. The predicted octanol–water partition coefficient (Wildman–Crippen LogP) is 5.44. The van der Waals surface area contributed by atoms with Crippen LogP contribution in [0, 0.1) is 18.7 Å². The van der Waals surface area contributed by atoms with Crippen LogP contribution in [-0.4, -0.2) is 32.3 Å². The summed E-state index contributed by atoms with van der Waals surface area (Å²) in [6, 6.07) is 17.6. The van der Waals surface area contributed by atoms with E-state index in [1.165, 1.54) is 24.3 Å². The molecule has 0 radical (unpaired) electrons. The Kier molecular flexibility index (Phi) is 7.74. The minimum absolute atomic E-state index is 0.0743. The largest absolute Gasteiger partial charge is 0.326 e. The molecule has 0 aliphatic carbocycles. The number of amides is 1. The molecule has 0 atom stereocenters. The molecule has 3 aromatic carbocycles. The van der Waals surface area contributed by atoms with Crippen LogP contribution in [-0.2, 0) is 21.4 Å². The van der Waals surface area contributed by atoms with E-state index in [1.54, 1.807) is 49.4 Å². The first-order valence-electron chi connectivity index (χ1n) is 11.4. The van der Waals surface area contributed by atoms with Crippen molar-refractivity contribution in [1.82, 2.24) is 4.90 Å². The van der Waals surface area contributed by atoms with Gasteiger partial charge >= 0.3 is 0 Å². The standard InChI is InChI=1S/C26H27ClFN3O3S/c1-18-2-5-21(27)16-25(18)30-35(33,34)24-10-8-23(9-11-24)29-26(32)20-12-14-31(15-13-20)17-19-3-6-22(28)7-4-19/h2-11,16,20,30H,12-15,17H2,1H3,(H,29,32). The highest BCUT2D eigenvalue weighted by Gasteiger charge is 2.25. The quantitative estimate of drug-likeness (QED) is 0.439. The highest BCUT2D eigenvalue weighted by molar-refractivity contribution is 7.92. The van der Waals surface area contributed by atoms with Gasteiger partial charge in [-0.05, 0) is 92.5 Å². The summed E-state index contributed by atoms with van der Waals surface area (Å²) in [5.41, 5.74) is 2.76. The van der Waals surface area contributed by atoms with Gasteiger partial charge in [-0.25, -0.2) is 12.8 Å². The van der Waals surface area contributed by atoms with E-state index in [0.717, 1.165) is 43.6 Å². The van der Waals surface area contributed by atoms with Crippen LogP contribution in [0.2, 0.25) is 5.02 Å². The van der Waals surface area contributed by atoms with Crippen molar-refractivity contribution >= 4 is 38.9 Å². The zero-order valence-electron chi connectivity index (χ0n) is 19.3. The first-order valence-corrected chi connectivity index (χ1v) is 13.2. The molecule has 184 valence electrons. The second kappa shape index (κ2) is 10.8. The highest BCUT2D eigenvalue weighted by atomic mass is 35.5. The van der Waals surface area contributed by atoms with Crippen molar-refractivity contribution in [1.29, 1.82) is 0 Å². The molecule has 0 aromatic heterocycles. The number of halogens is 2. The van der Waals surface area contributed by atoms with Gasteiger partial charge in [0.25, 0.3) is 10.0 Å². The molecule has 0 bridgehead atoms. The minimum Gasteiger partial charge on any atom is -0.326 e. The van der Waals surface area contributed by atoms with Crippen molar-refractivity contribution in [3.8, 4) is 0 Å². The number of rotatable bonds is 7. The molecule has 1 heterocycles. The van der Waals surface area contributed by atoms with Crippen LogP contribution in [0.1, 0.15) is 24.0 Å². The first kappa shape index (κ1) is 25.2. The van der Waals surface area contributed by atoms with Gasteiger partial charge in [-0.2, -0.15) is 0 Å². The summed E-state index contributed by atoms with van der Waals surface area (Å²) in [4.78, 5) is 15.1. The third-order valence-electron chi connectivity index (χ3n) is 6.15. The van der Waals surface area contributed by atoms with Crippen LogP contribution in [0.15, 0.2) is 71.6 Å². The molecule has 1 saturated heterocycles. The molecule has 6 nitrogen and oxygen atoms in total. The number of benzene rings is 3. The number of nitrogens with zero attached hydrogens (tertiary/aromatic N) is 1. The zero-order chi connectivity index (χ0) is 25.0. The molecule has 35 heavy (non-hydrogen) atoms. The maximum absolute atomic E-state index is 13.1. The number of carbonyl (C=O) groups excluding carboxylic acids is 1. The first-order chi connectivity index (χ1) is 16.7. The maximum Gasteiger partial charge on any atom is 0.261 e. The van der Waals surface area contributed by atoms with Crippen LogP contribution >= 0.6 is 11.6 Å². The van der Waals surface area contributed by atoms with Crippen molar-refractivity contribution in [2.45, 2.75) is 31.2 Å². The Bertz CT molecular complexity index is 1290. The number of hydrogen-bond donors (Lipinski definition) is 2. The molecule has 9 heteroatoms. The Morgan fingerprint density at radius 1 is 1.03 bits per heavy atom. The summed E-state index contributed by atoms with van der Waals surface area (Å²) in [7, 11) is -3.80. The second-order valence-electron chi connectivity index (χ2n) is 8.76. The van der Waals surface area contributed by atoms with Crippen LogP contribution in [0.4, 0.5) is 15.8 Å². The fourth-order valence-corrected chi connectivity index (χ4v) is 5.36. The topological polar surface area (TPSA) is 78.5 Å². The number of anilines is 2. The summed E-state index contributed by atoms with van der Waals surface area (Å²) in [6.45, 7) is 4.08. The number of piperidine rings is 1. The molecular weight excluding hydrogens is 489 g/mol. The number of sulfonamides is 1. The average Bonchev–Trinajstić information content (AvgIpc) is 2.83. The molecule has 1 aliphatic heterocycles.